The Bertz CT molecular complexity index is 343. The van der Waals surface area contributed by atoms with Crippen LogP contribution < -0.4 is 0 Å². The lowest BCUT2D eigenvalue weighted by Crippen LogP contribution is -2.27. The van der Waals surface area contributed by atoms with Crippen molar-refractivity contribution in [2.24, 2.45) is 5.92 Å². The van der Waals surface area contributed by atoms with E-state index < -0.39 is 0 Å². The van der Waals surface area contributed by atoms with Gasteiger partial charge in [0.1, 0.15) is 0 Å². The highest BCUT2D eigenvalue weighted by molar-refractivity contribution is 7.14. The van der Waals surface area contributed by atoms with Crippen LogP contribution in [-0.2, 0) is 0 Å². The molecule has 0 radical (unpaired) electrons. The van der Waals surface area contributed by atoms with Crippen LogP contribution in [0.15, 0.2) is 12.1 Å². The van der Waals surface area contributed by atoms with E-state index >= 15 is 0 Å². The second-order valence-electron chi connectivity index (χ2n) is 4.75. The summed E-state index contributed by atoms with van der Waals surface area (Å²) in [5.41, 5.74) is 0. The van der Waals surface area contributed by atoms with Gasteiger partial charge in [-0.15, -0.1) is 11.3 Å². The van der Waals surface area contributed by atoms with Gasteiger partial charge in [0.15, 0.2) is 5.78 Å². The molecule has 0 aliphatic carbocycles. The molecule has 0 bridgehead atoms. The lowest BCUT2D eigenvalue weighted by Gasteiger charge is -2.16. The summed E-state index contributed by atoms with van der Waals surface area (Å²) in [6.45, 7) is 7.97. The predicted octanol–water partition coefficient (Wildman–Crippen LogP) is 3.22. The fourth-order valence-corrected chi connectivity index (χ4v) is 2.26. The maximum atomic E-state index is 11.9. The SMILES string of the molecule is Cc1ccc(C(=O)CN(C)CCC(C)C)s1. The molecule has 0 aromatic carbocycles. The fourth-order valence-electron chi connectivity index (χ4n) is 1.47. The van der Waals surface area contributed by atoms with Crippen LogP contribution >= 0.6 is 11.3 Å². The van der Waals surface area contributed by atoms with Gasteiger partial charge in [0.25, 0.3) is 0 Å². The van der Waals surface area contributed by atoms with Gasteiger partial charge in [-0.25, -0.2) is 0 Å². The van der Waals surface area contributed by atoms with Crippen LogP contribution in [0.2, 0.25) is 0 Å². The summed E-state index contributed by atoms with van der Waals surface area (Å²) in [7, 11) is 2.01. The zero-order valence-corrected chi connectivity index (χ0v) is 11.4. The Balaban J connectivity index is 2.39. The molecule has 1 rings (SSSR count). The number of ketones is 1. The summed E-state index contributed by atoms with van der Waals surface area (Å²) in [6, 6.07) is 3.94. The number of thiophene rings is 1. The maximum Gasteiger partial charge on any atom is 0.186 e. The lowest BCUT2D eigenvalue weighted by atomic mass is 10.1. The van der Waals surface area contributed by atoms with Crippen LogP contribution in [0, 0.1) is 12.8 Å². The van der Waals surface area contributed by atoms with Gasteiger partial charge in [-0.05, 0) is 45.0 Å². The highest BCUT2D eigenvalue weighted by Crippen LogP contribution is 2.15. The third-order valence-corrected chi connectivity index (χ3v) is 3.56. The zero-order chi connectivity index (χ0) is 12.1. The number of hydrogen-bond acceptors (Lipinski definition) is 3. The quantitative estimate of drug-likeness (QED) is 0.710. The summed E-state index contributed by atoms with van der Waals surface area (Å²) in [5, 5.41) is 0. The molecule has 1 aromatic heterocycles. The van der Waals surface area contributed by atoms with E-state index in [0.29, 0.717) is 12.5 Å². The van der Waals surface area contributed by atoms with Crippen LogP contribution in [0.5, 0.6) is 0 Å². The third kappa shape index (κ3) is 4.45. The van der Waals surface area contributed by atoms with Crippen molar-refractivity contribution in [3.63, 3.8) is 0 Å². The van der Waals surface area contributed by atoms with E-state index in [1.165, 1.54) is 4.88 Å². The largest absolute Gasteiger partial charge is 0.299 e. The number of carbonyl (C=O) groups is 1. The number of rotatable bonds is 6. The number of Topliss-reactive ketones (excluding diaryl/α,β-unsaturated/α-hetero) is 1. The normalized spacial score (nSPS) is 11.4. The second-order valence-corrected chi connectivity index (χ2v) is 6.04. The molecule has 1 aromatic rings. The Kier molecular flexibility index (Phi) is 5.16. The van der Waals surface area contributed by atoms with Crippen molar-refractivity contribution in [3.05, 3.63) is 21.9 Å². The van der Waals surface area contributed by atoms with Gasteiger partial charge < -0.3 is 0 Å². The molecule has 0 aliphatic rings. The first-order valence-electron chi connectivity index (χ1n) is 5.77. The Hall–Kier alpha value is -0.670. The van der Waals surface area contributed by atoms with Crippen LogP contribution in [-0.4, -0.2) is 30.8 Å². The fraction of sp³-hybridized carbons (Fsp3) is 0.615. The average Bonchev–Trinajstić information content (AvgIpc) is 2.62. The number of hydrogen-bond donors (Lipinski definition) is 0. The predicted molar refractivity (Wildman–Crippen MR) is 70.3 cm³/mol. The Morgan fingerprint density at radius 2 is 2.12 bits per heavy atom. The number of aryl methyl sites for hydroxylation is 1. The topological polar surface area (TPSA) is 20.3 Å². The lowest BCUT2D eigenvalue weighted by molar-refractivity contribution is 0.0948. The van der Waals surface area contributed by atoms with Crippen molar-refractivity contribution in [3.8, 4) is 0 Å². The molecule has 0 saturated heterocycles. The maximum absolute atomic E-state index is 11.9. The smallest absolute Gasteiger partial charge is 0.186 e. The van der Waals surface area contributed by atoms with Crippen molar-refractivity contribution < 1.29 is 4.79 Å². The standard InChI is InChI=1S/C13H21NOS/c1-10(2)7-8-14(4)9-12(15)13-6-5-11(3)16-13/h5-6,10H,7-9H2,1-4H3. The van der Waals surface area contributed by atoms with Crippen LogP contribution in [0.25, 0.3) is 0 Å². The van der Waals surface area contributed by atoms with E-state index in [1.54, 1.807) is 11.3 Å². The minimum atomic E-state index is 0.240. The van der Waals surface area contributed by atoms with E-state index in [-0.39, 0.29) is 5.78 Å². The molecule has 0 aliphatic heterocycles. The molecule has 90 valence electrons. The monoisotopic (exact) mass is 239 g/mol. The molecule has 0 fully saturated rings. The van der Waals surface area contributed by atoms with Crippen LogP contribution in [0.1, 0.15) is 34.8 Å². The van der Waals surface area contributed by atoms with Crippen molar-refractivity contribution >= 4 is 17.1 Å². The summed E-state index contributed by atoms with van der Waals surface area (Å²) in [4.78, 5) is 16.1. The minimum absolute atomic E-state index is 0.240. The van der Waals surface area contributed by atoms with Gasteiger partial charge in [0.05, 0.1) is 11.4 Å². The summed E-state index contributed by atoms with van der Waals surface area (Å²) >= 11 is 1.59. The zero-order valence-electron chi connectivity index (χ0n) is 10.6. The van der Waals surface area contributed by atoms with E-state index in [0.717, 1.165) is 17.8 Å². The molecule has 2 nitrogen and oxygen atoms in total. The molecule has 0 saturated carbocycles. The molecule has 1 heterocycles. The molecule has 0 spiro atoms. The van der Waals surface area contributed by atoms with Crippen molar-refractivity contribution in [2.75, 3.05) is 20.1 Å². The molecule has 0 N–H and O–H groups in total. The molecular formula is C13H21NOS. The van der Waals surface area contributed by atoms with Gasteiger partial charge >= 0.3 is 0 Å². The molecule has 16 heavy (non-hydrogen) atoms. The first-order valence-corrected chi connectivity index (χ1v) is 6.59. The summed E-state index contributed by atoms with van der Waals surface area (Å²) in [5.74, 6) is 0.936. The van der Waals surface area contributed by atoms with Gasteiger partial charge in [-0.1, -0.05) is 13.8 Å². The van der Waals surface area contributed by atoms with Gasteiger partial charge in [-0.2, -0.15) is 0 Å². The van der Waals surface area contributed by atoms with Crippen LogP contribution in [0.4, 0.5) is 0 Å². The highest BCUT2D eigenvalue weighted by atomic mass is 32.1. The first kappa shape index (κ1) is 13.4. The second kappa shape index (κ2) is 6.16. The average molecular weight is 239 g/mol. The van der Waals surface area contributed by atoms with E-state index in [2.05, 4.69) is 18.7 Å². The van der Waals surface area contributed by atoms with Gasteiger partial charge in [0, 0.05) is 4.88 Å². The van der Waals surface area contributed by atoms with Crippen LogP contribution in [0.3, 0.4) is 0 Å². The highest BCUT2D eigenvalue weighted by Gasteiger charge is 2.11. The Labute approximate surface area is 102 Å². The van der Waals surface area contributed by atoms with E-state index in [4.69, 9.17) is 0 Å². The third-order valence-electron chi connectivity index (χ3n) is 2.52. The summed E-state index contributed by atoms with van der Waals surface area (Å²) in [6.07, 6.45) is 1.15. The van der Waals surface area contributed by atoms with Gasteiger partial charge in [-0.3, -0.25) is 9.69 Å². The number of nitrogens with zero attached hydrogens (tertiary/aromatic N) is 1. The summed E-state index contributed by atoms with van der Waals surface area (Å²) < 4.78 is 0. The van der Waals surface area contributed by atoms with Crippen molar-refractivity contribution in [1.82, 2.24) is 4.90 Å². The number of likely N-dealkylation sites (N-methyl/N-ethyl adjacent to an activating group) is 1. The van der Waals surface area contributed by atoms with Gasteiger partial charge in [0.2, 0.25) is 0 Å². The van der Waals surface area contributed by atoms with Crippen molar-refractivity contribution in [2.45, 2.75) is 27.2 Å². The molecule has 3 heteroatoms. The molecule has 0 amide bonds. The van der Waals surface area contributed by atoms with Crippen molar-refractivity contribution in [1.29, 1.82) is 0 Å². The van der Waals surface area contributed by atoms with E-state index in [1.807, 2.05) is 26.1 Å². The Morgan fingerprint density at radius 1 is 1.44 bits per heavy atom. The number of carbonyl (C=O) groups excluding carboxylic acids is 1. The first-order chi connectivity index (χ1) is 7.49. The Morgan fingerprint density at radius 3 is 2.62 bits per heavy atom. The molecule has 0 atom stereocenters. The van der Waals surface area contributed by atoms with E-state index in [9.17, 15) is 4.79 Å². The minimum Gasteiger partial charge on any atom is -0.299 e. The molecule has 0 unspecified atom stereocenters. The molecular weight excluding hydrogens is 218 g/mol.